The van der Waals surface area contributed by atoms with Crippen molar-refractivity contribution < 1.29 is 18.7 Å². The predicted octanol–water partition coefficient (Wildman–Crippen LogP) is 1.99. The number of amides is 1. The molecule has 2 fully saturated rings. The van der Waals surface area contributed by atoms with Crippen molar-refractivity contribution in [2.75, 3.05) is 37.7 Å². The molecular weight excluding hydrogens is 377 g/mol. The first-order chi connectivity index (χ1) is 14.0. The van der Waals surface area contributed by atoms with Crippen LogP contribution in [0, 0.1) is 5.92 Å². The average molecular weight is 410 g/mol. The third-order valence-corrected chi connectivity index (χ3v) is 5.53. The number of alkyl halides is 1. The number of hydrogen-bond acceptors (Lipinski definition) is 7. The number of ether oxygens (including phenoxy) is 2. The number of hydrogen-bond donors (Lipinski definition) is 1. The van der Waals surface area contributed by atoms with Crippen molar-refractivity contribution in [1.29, 1.82) is 0 Å². The molecule has 1 aromatic heterocycles. The highest BCUT2D eigenvalue weighted by atomic mass is 19.1. The maximum Gasteiger partial charge on any atom is 0.410 e. The molecule has 2 aliphatic heterocycles. The number of likely N-dealkylation sites (tertiary alicyclic amines) is 1. The van der Waals surface area contributed by atoms with Gasteiger partial charge in [-0.3, -0.25) is 0 Å². The molecule has 3 rings (SSSR count). The van der Waals surface area contributed by atoms with Crippen LogP contribution in [0.2, 0.25) is 0 Å². The summed E-state index contributed by atoms with van der Waals surface area (Å²) in [6, 6.07) is 1.33. The molecule has 1 aromatic rings. The Hall–Kier alpha value is -2.00. The van der Waals surface area contributed by atoms with Gasteiger partial charge in [-0.2, -0.15) is 0 Å². The van der Waals surface area contributed by atoms with Crippen LogP contribution in [0.25, 0.3) is 0 Å². The van der Waals surface area contributed by atoms with Gasteiger partial charge in [-0.15, -0.1) is 0 Å². The SMILES string of the molecule is CC(C)OC(=O)N1CCC[C@H](N)[C@@H]1COCC1CCN(c2ncccn2)C[C@H]1F. The summed E-state index contributed by atoms with van der Waals surface area (Å²) in [7, 11) is 0. The predicted molar refractivity (Wildman–Crippen MR) is 107 cm³/mol. The number of anilines is 1. The second kappa shape index (κ2) is 10.2. The van der Waals surface area contributed by atoms with E-state index >= 15 is 0 Å². The third-order valence-electron chi connectivity index (χ3n) is 5.53. The molecule has 9 heteroatoms. The first kappa shape index (κ1) is 21.7. The third kappa shape index (κ3) is 5.76. The van der Waals surface area contributed by atoms with E-state index in [0.717, 1.165) is 12.8 Å². The van der Waals surface area contributed by atoms with Crippen LogP contribution in [0.15, 0.2) is 18.5 Å². The first-order valence-corrected chi connectivity index (χ1v) is 10.4. The fraction of sp³-hybridized carbons (Fsp3) is 0.750. The fourth-order valence-corrected chi connectivity index (χ4v) is 3.91. The van der Waals surface area contributed by atoms with E-state index in [0.29, 0.717) is 38.7 Å². The lowest BCUT2D eigenvalue weighted by molar-refractivity contribution is -0.00648. The molecule has 0 saturated carbocycles. The monoisotopic (exact) mass is 409 g/mol. The van der Waals surface area contributed by atoms with E-state index in [2.05, 4.69) is 9.97 Å². The number of nitrogens with two attached hydrogens (primary N) is 1. The molecule has 4 atom stereocenters. The van der Waals surface area contributed by atoms with Gasteiger partial charge in [0.1, 0.15) is 6.17 Å². The molecule has 8 nitrogen and oxygen atoms in total. The molecule has 0 spiro atoms. The van der Waals surface area contributed by atoms with Crippen LogP contribution >= 0.6 is 0 Å². The zero-order valence-corrected chi connectivity index (χ0v) is 17.2. The highest BCUT2D eigenvalue weighted by Gasteiger charge is 2.35. The molecule has 0 radical (unpaired) electrons. The van der Waals surface area contributed by atoms with E-state index in [-0.39, 0.29) is 36.7 Å². The van der Waals surface area contributed by atoms with Crippen molar-refractivity contribution in [2.45, 2.75) is 57.5 Å². The number of halogens is 1. The van der Waals surface area contributed by atoms with Crippen molar-refractivity contribution in [3.05, 3.63) is 18.5 Å². The van der Waals surface area contributed by atoms with Crippen molar-refractivity contribution in [1.82, 2.24) is 14.9 Å². The highest BCUT2D eigenvalue weighted by molar-refractivity contribution is 5.68. The fourth-order valence-electron chi connectivity index (χ4n) is 3.91. The molecular formula is C20H32FN5O3. The summed E-state index contributed by atoms with van der Waals surface area (Å²) in [5.41, 5.74) is 6.24. The molecule has 2 N–H and O–H groups in total. The molecule has 3 heterocycles. The van der Waals surface area contributed by atoms with Gasteiger partial charge in [0.05, 0.1) is 31.9 Å². The number of rotatable bonds is 6. The topological polar surface area (TPSA) is 93.8 Å². The maximum absolute atomic E-state index is 14.7. The number of carbonyl (C=O) groups is 1. The van der Waals surface area contributed by atoms with Gasteiger partial charge < -0.3 is 25.0 Å². The van der Waals surface area contributed by atoms with Crippen molar-refractivity contribution in [2.24, 2.45) is 11.7 Å². The maximum atomic E-state index is 14.7. The van der Waals surface area contributed by atoms with Gasteiger partial charge in [0.2, 0.25) is 5.95 Å². The standard InChI is InChI=1S/C20H32FN5O3/c1-14(2)29-20(27)26-9-3-5-17(22)18(26)13-28-12-15-6-10-25(11-16(15)21)19-23-7-4-8-24-19/h4,7-8,14-18H,3,5-6,9-13,22H2,1-2H3/t15?,16-,17+,18+/m1/s1. The Morgan fingerprint density at radius 2 is 2.03 bits per heavy atom. The van der Waals surface area contributed by atoms with E-state index in [1.54, 1.807) is 23.4 Å². The second-order valence-corrected chi connectivity index (χ2v) is 8.10. The van der Waals surface area contributed by atoms with Gasteiger partial charge in [-0.1, -0.05) is 0 Å². The van der Waals surface area contributed by atoms with E-state index < -0.39 is 6.17 Å². The van der Waals surface area contributed by atoms with Crippen LogP contribution in [0.3, 0.4) is 0 Å². The first-order valence-electron chi connectivity index (χ1n) is 10.4. The molecule has 2 saturated heterocycles. The largest absolute Gasteiger partial charge is 0.447 e. The smallest absolute Gasteiger partial charge is 0.410 e. The normalized spacial score (nSPS) is 27.9. The number of aromatic nitrogens is 2. The van der Waals surface area contributed by atoms with Gasteiger partial charge in [-0.25, -0.2) is 19.2 Å². The number of carbonyl (C=O) groups excluding carboxylic acids is 1. The molecule has 1 amide bonds. The summed E-state index contributed by atoms with van der Waals surface area (Å²) in [5.74, 6) is 0.368. The van der Waals surface area contributed by atoms with Crippen LogP contribution in [0.1, 0.15) is 33.1 Å². The van der Waals surface area contributed by atoms with Crippen LogP contribution in [0.5, 0.6) is 0 Å². The van der Waals surface area contributed by atoms with Crippen molar-refractivity contribution in [3.8, 4) is 0 Å². The molecule has 0 aromatic carbocycles. The number of nitrogens with zero attached hydrogens (tertiary/aromatic N) is 4. The van der Waals surface area contributed by atoms with Crippen molar-refractivity contribution >= 4 is 12.0 Å². The second-order valence-electron chi connectivity index (χ2n) is 8.10. The van der Waals surface area contributed by atoms with Crippen LogP contribution in [-0.4, -0.2) is 78.2 Å². The molecule has 0 aliphatic carbocycles. The quantitative estimate of drug-likeness (QED) is 0.768. The Balaban J connectivity index is 1.48. The van der Waals surface area contributed by atoms with Gasteiger partial charge in [-0.05, 0) is 39.2 Å². The highest BCUT2D eigenvalue weighted by Crippen LogP contribution is 2.24. The van der Waals surface area contributed by atoms with E-state index in [9.17, 15) is 9.18 Å². The summed E-state index contributed by atoms with van der Waals surface area (Å²) >= 11 is 0. The van der Waals surface area contributed by atoms with Crippen LogP contribution in [0.4, 0.5) is 15.1 Å². The molecule has 29 heavy (non-hydrogen) atoms. The Morgan fingerprint density at radius 3 is 2.72 bits per heavy atom. The number of piperidine rings is 2. The summed E-state index contributed by atoms with van der Waals surface area (Å²) in [6.45, 7) is 5.80. The minimum Gasteiger partial charge on any atom is -0.447 e. The van der Waals surface area contributed by atoms with E-state index in [1.165, 1.54) is 0 Å². The summed E-state index contributed by atoms with van der Waals surface area (Å²) in [6.07, 6.45) is 4.10. The zero-order chi connectivity index (χ0) is 20.8. The molecule has 162 valence electrons. The minimum absolute atomic E-state index is 0.165. The Morgan fingerprint density at radius 1 is 1.28 bits per heavy atom. The Kier molecular flexibility index (Phi) is 7.60. The zero-order valence-electron chi connectivity index (χ0n) is 17.2. The molecule has 0 bridgehead atoms. The lowest BCUT2D eigenvalue weighted by atomic mass is 9.95. The summed E-state index contributed by atoms with van der Waals surface area (Å²) in [4.78, 5) is 24.3. The lowest BCUT2D eigenvalue weighted by Crippen LogP contribution is -2.57. The van der Waals surface area contributed by atoms with Gasteiger partial charge >= 0.3 is 6.09 Å². The molecule has 2 aliphatic rings. The van der Waals surface area contributed by atoms with Gasteiger partial charge in [0, 0.05) is 37.4 Å². The Bertz CT molecular complexity index is 650. The van der Waals surface area contributed by atoms with E-state index in [4.69, 9.17) is 15.2 Å². The Labute approximate surface area is 171 Å². The van der Waals surface area contributed by atoms with E-state index in [1.807, 2.05) is 18.7 Å². The van der Waals surface area contributed by atoms with Gasteiger partial charge in [0.15, 0.2) is 0 Å². The minimum atomic E-state index is -1.02. The molecule has 1 unspecified atom stereocenters. The average Bonchev–Trinajstić information content (AvgIpc) is 2.70. The van der Waals surface area contributed by atoms with Crippen molar-refractivity contribution in [3.63, 3.8) is 0 Å². The summed E-state index contributed by atoms with van der Waals surface area (Å²) < 4.78 is 25.9. The van der Waals surface area contributed by atoms with Crippen LogP contribution in [-0.2, 0) is 9.47 Å². The van der Waals surface area contributed by atoms with Gasteiger partial charge in [0.25, 0.3) is 0 Å². The lowest BCUT2D eigenvalue weighted by Gasteiger charge is -2.39. The summed E-state index contributed by atoms with van der Waals surface area (Å²) in [5, 5.41) is 0. The van der Waals surface area contributed by atoms with Crippen LogP contribution < -0.4 is 10.6 Å².